The normalized spacial score (nSPS) is 10.3. The fourth-order valence-electron chi connectivity index (χ4n) is 2.52. The summed E-state index contributed by atoms with van der Waals surface area (Å²) in [5, 5.41) is 5.71. The molecule has 0 spiro atoms. The molecule has 0 aliphatic heterocycles. The molecule has 2 aromatic carbocycles. The first-order valence-corrected chi connectivity index (χ1v) is 9.28. The number of nitrogens with one attached hydrogen (secondary N) is 2. The Morgan fingerprint density at radius 1 is 1.00 bits per heavy atom. The zero-order valence-electron chi connectivity index (χ0n) is 14.7. The van der Waals surface area contributed by atoms with Gasteiger partial charge in [-0.2, -0.15) is 0 Å². The van der Waals surface area contributed by atoms with Gasteiger partial charge in [-0.3, -0.25) is 14.6 Å². The molecule has 1 heterocycles. The van der Waals surface area contributed by atoms with Crippen molar-refractivity contribution in [2.45, 2.75) is 13.3 Å². The second-order valence-corrected chi connectivity index (χ2v) is 6.76. The van der Waals surface area contributed by atoms with Crippen LogP contribution in [-0.2, 0) is 4.79 Å². The van der Waals surface area contributed by atoms with Crippen LogP contribution in [-0.4, -0.2) is 16.8 Å². The molecule has 0 radical (unpaired) electrons. The highest BCUT2D eigenvalue weighted by Crippen LogP contribution is 2.26. The van der Waals surface area contributed by atoms with Crippen molar-refractivity contribution >= 4 is 39.1 Å². The number of halogens is 1. The first kappa shape index (κ1) is 18.8. The summed E-state index contributed by atoms with van der Waals surface area (Å²) in [5.41, 5.74) is 3.39. The standard InChI is InChI=1S/C21H18BrN3O2/c1-2-19(26)25-18-7-4-12-23-20(18)14-8-10-15(11-9-14)21(27)24-17-6-3-5-16(22)13-17/h3-13H,2H2,1H3,(H,24,27)(H,25,26). The van der Waals surface area contributed by atoms with Gasteiger partial charge in [0, 0.05) is 33.9 Å². The van der Waals surface area contributed by atoms with Gasteiger partial charge in [0.1, 0.15) is 0 Å². The number of carbonyl (C=O) groups is 2. The number of anilines is 2. The highest BCUT2D eigenvalue weighted by atomic mass is 79.9. The molecule has 0 aliphatic carbocycles. The maximum absolute atomic E-state index is 12.4. The lowest BCUT2D eigenvalue weighted by atomic mass is 10.1. The number of carbonyl (C=O) groups excluding carboxylic acids is 2. The third-order valence-corrected chi connectivity index (χ3v) is 4.40. The third-order valence-electron chi connectivity index (χ3n) is 3.91. The van der Waals surface area contributed by atoms with E-state index in [0.717, 1.165) is 10.0 Å². The van der Waals surface area contributed by atoms with Crippen LogP contribution in [0.4, 0.5) is 11.4 Å². The average Bonchev–Trinajstić information content (AvgIpc) is 2.68. The fraction of sp³-hybridized carbons (Fsp3) is 0.0952. The molecule has 0 fully saturated rings. The molecule has 1 aromatic heterocycles. The quantitative estimate of drug-likeness (QED) is 0.598. The van der Waals surface area contributed by atoms with E-state index in [4.69, 9.17) is 0 Å². The molecule has 0 bridgehead atoms. The van der Waals surface area contributed by atoms with Gasteiger partial charge >= 0.3 is 0 Å². The van der Waals surface area contributed by atoms with Crippen LogP contribution in [0.2, 0.25) is 0 Å². The van der Waals surface area contributed by atoms with E-state index in [0.29, 0.717) is 29.1 Å². The summed E-state index contributed by atoms with van der Waals surface area (Å²) in [6.07, 6.45) is 2.06. The number of pyridine rings is 1. The maximum atomic E-state index is 12.4. The van der Waals surface area contributed by atoms with Crippen LogP contribution in [0.5, 0.6) is 0 Å². The summed E-state index contributed by atoms with van der Waals surface area (Å²) >= 11 is 3.38. The number of rotatable bonds is 5. The molecule has 2 amide bonds. The first-order chi connectivity index (χ1) is 13.1. The Bertz CT molecular complexity index is 971. The van der Waals surface area contributed by atoms with Crippen molar-refractivity contribution in [2.24, 2.45) is 0 Å². The van der Waals surface area contributed by atoms with Crippen molar-refractivity contribution in [3.05, 3.63) is 76.9 Å². The fourth-order valence-corrected chi connectivity index (χ4v) is 2.92. The molecule has 0 aliphatic rings. The Morgan fingerprint density at radius 2 is 1.78 bits per heavy atom. The molecular weight excluding hydrogens is 406 g/mol. The van der Waals surface area contributed by atoms with Crippen molar-refractivity contribution in [1.29, 1.82) is 0 Å². The van der Waals surface area contributed by atoms with Gasteiger partial charge in [-0.05, 0) is 42.5 Å². The van der Waals surface area contributed by atoms with Gasteiger partial charge in [-0.25, -0.2) is 0 Å². The van der Waals surface area contributed by atoms with Crippen molar-refractivity contribution < 1.29 is 9.59 Å². The van der Waals surface area contributed by atoms with Crippen LogP contribution < -0.4 is 10.6 Å². The van der Waals surface area contributed by atoms with Crippen molar-refractivity contribution in [1.82, 2.24) is 4.98 Å². The first-order valence-electron chi connectivity index (χ1n) is 8.49. The van der Waals surface area contributed by atoms with E-state index in [2.05, 4.69) is 31.5 Å². The Hall–Kier alpha value is -2.99. The molecule has 6 heteroatoms. The Morgan fingerprint density at radius 3 is 2.48 bits per heavy atom. The van der Waals surface area contributed by atoms with Gasteiger partial charge in [-0.1, -0.05) is 41.1 Å². The summed E-state index contributed by atoms with van der Waals surface area (Å²) in [7, 11) is 0. The van der Waals surface area contributed by atoms with Gasteiger partial charge in [-0.15, -0.1) is 0 Å². The summed E-state index contributed by atoms with van der Waals surface area (Å²) in [5.74, 6) is -0.269. The Labute approximate surface area is 166 Å². The number of hydrogen-bond donors (Lipinski definition) is 2. The second-order valence-electron chi connectivity index (χ2n) is 5.84. The molecule has 0 atom stereocenters. The van der Waals surface area contributed by atoms with Gasteiger partial charge < -0.3 is 10.6 Å². The summed E-state index contributed by atoms with van der Waals surface area (Å²) < 4.78 is 0.896. The summed E-state index contributed by atoms with van der Waals surface area (Å²) in [6, 6.07) is 18.1. The number of amides is 2. The largest absolute Gasteiger partial charge is 0.324 e. The predicted octanol–water partition coefficient (Wildman–Crippen LogP) is 5.11. The van der Waals surface area contributed by atoms with Crippen LogP contribution in [0, 0.1) is 0 Å². The zero-order valence-corrected chi connectivity index (χ0v) is 16.3. The van der Waals surface area contributed by atoms with Gasteiger partial charge in [0.25, 0.3) is 5.91 Å². The van der Waals surface area contributed by atoms with E-state index >= 15 is 0 Å². The van der Waals surface area contributed by atoms with Crippen LogP contribution in [0.3, 0.4) is 0 Å². The lowest BCUT2D eigenvalue weighted by molar-refractivity contribution is -0.115. The van der Waals surface area contributed by atoms with Crippen LogP contribution >= 0.6 is 15.9 Å². The lowest BCUT2D eigenvalue weighted by Gasteiger charge is -2.10. The van der Waals surface area contributed by atoms with E-state index in [1.165, 1.54) is 0 Å². The minimum Gasteiger partial charge on any atom is -0.324 e. The van der Waals surface area contributed by atoms with E-state index in [1.807, 2.05) is 42.5 Å². The number of benzene rings is 2. The highest BCUT2D eigenvalue weighted by molar-refractivity contribution is 9.10. The Balaban J connectivity index is 1.79. The molecule has 27 heavy (non-hydrogen) atoms. The molecule has 0 saturated carbocycles. The van der Waals surface area contributed by atoms with E-state index < -0.39 is 0 Å². The SMILES string of the molecule is CCC(=O)Nc1cccnc1-c1ccc(C(=O)Nc2cccc(Br)c2)cc1. The molecule has 2 N–H and O–H groups in total. The molecule has 136 valence electrons. The van der Waals surface area contributed by atoms with Crippen LogP contribution in [0.15, 0.2) is 71.3 Å². The molecule has 0 saturated heterocycles. The molecule has 3 aromatic rings. The van der Waals surface area contributed by atoms with Gasteiger partial charge in [0.2, 0.25) is 5.91 Å². The molecule has 3 rings (SSSR count). The average molecular weight is 424 g/mol. The number of hydrogen-bond acceptors (Lipinski definition) is 3. The van der Waals surface area contributed by atoms with Crippen molar-refractivity contribution in [3.63, 3.8) is 0 Å². The predicted molar refractivity (Wildman–Crippen MR) is 111 cm³/mol. The van der Waals surface area contributed by atoms with E-state index in [-0.39, 0.29) is 11.8 Å². The smallest absolute Gasteiger partial charge is 0.255 e. The van der Waals surface area contributed by atoms with Gasteiger partial charge in [0.15, 0.2) is 0 Å². The highest BCUT2D eigenvalue weighted by Gasteiger charge is 2.11. The second kappa shape index (κ2) is 8.60. The van der Waals surface area contributed by atoms with Crippen molar-refractivity contribution in [2.75, 3.05) is 10.6 Å². The van der Waals surface area contributed by atoms with E-state index in [1.54, 1.807) is 31.3 Å². The minimum absolute atomic E-state index is 0.0748. The molecule has 0 unspecified atom stereocenters. The minimum atomic E-state index is -0.194. The Kier molecular flexibility index (Phi) is 5.98. The maximum Gasteiger partial charge on any atom is 0.255 e. The number of nitrogens with zero attached hydrogens (tertiary/aromatic N) is 1. The van der Waals surface area contributed by atoms with Gasteiger partial charge in [0.05, 0.1) is 11.4 Å². The van der Waals surface area contributed by atoms with Crippen LogP contribution in [0.1, 0.15) is 23.7 Å². The monoisotopic (exact) mass is 423 g/mol. The summed E-state index contributed by atoms with van der Waals surface area (Å²) in [4.78, 5) is 28.5. The zero-order chi connectivity index (χ0) is 19.2. The summed E-state index contributed by atoms with van der Waals surface area (Å²) in [6.45, 7) is 1.80. The lowest BCUT2D eigenvalue weighted by Crippen LogP contribution is -2.12. The topological polar surface area (TPSA) is 71.1 Å². The van der Waals surface area contributed by atoms with Crippen LogP contribution in [0.25, 0.3) is 11.3 Å². The van der Waals surface area contributed by atoms with E-state index in [9.17, 15) is 9.59 Å². The molecule has 5 nitrogen and oxygen atoms in total. The molecular formula is C21H18BrN3O2. The number of aromatic nitrogens is 1. The van der Waals surface area contributed by atoms with Crippen molar-refractivity contribution in [3.8, 4) is 11.3 Å². The third kappa shape index (κ3) is 4.80.